The van der Waals surface area contributed by atoms with Gasteiger partial charge in [0.05, 0.1) is 24.8 Å². The molecule has 0 saturated carbocycles. The molecule has 1 fully saturated rings. The number of hydrogen-bond acceptors (Lipinski definition) is 5. The highest BCUT2D eigenvalue weighted by Gasteiger charge is 2.47. The van der Waals surface area contributed by atoms with Gasteiger partial charge in [0.1, 0.15) is 17.3 Å². The Bertz CT molecular complexity index is 1220. The lowest BCUT2D eigenvalue weighted by molar-refractivity contribution is -0.132. The largest absolute Gasteiger partial charge is 0.507 e. The van der Waals surface area contributed by atoms with Gasteiger partial charge in [-0.1, -0.05) is 48.5 Å². The van der Waals surface area contributed by atoms with Crippen molar-refractivity contribution in [2.24, 2.45) is 0 Å². The van der Waals surface area contributed by atoms with E-state index in [-0.39, 0.29) is 17.4 Å². The van der Waals surface area contributed by atoms with Gasteiger partial charge in [0.15, 0.2) is 0 Å². The Balaban J connectivity index is 1.94. The average molecular weight is 443 g/mol. The van der Waals surface area contributed by atoms with Gasteiger partial charge in [0.25, 0.3) is 11.7 Å². The molecule has 4 rings (SSSR count). The maximum absolute atomic E-state index is 13.3. The van der Waals surface area contributed by atoms with Crippen molar-refractivity contribution in [3.63, 3.8) is 0 Å². The molecule has 3 aromatic carbocycles. The van der Waals surface area contributed by atoms with Crippen molar-refractivity contribution in [3.05, 3.63) is 95.6 Å². The van der Waals surface area contributed by atoms with Crippen molar-refractivity contribution in [2.45, 2.75) is 26.0 Å². The van der Waals surface area contributed by atoms with Gasteiger partial charge < -0.3 is 14.6 Å². The zero-order chi connectivity index (χ0) is 23.5. The van der Waals surface area contributed by atoms with Crippen LogP contribution in [0.5, 0.6) is 11.5 Å². The zero-order valence-electron chi connectivity index (χ0n) is 18.7. The van der Waals surface area contributed by atoms with Crippen LogP contribution in [0.3, 0.4) is 0 Å². The Morgan fingerprint density at radius 3 is 2.33 bits per heavy atom. The molecule has 3 aromatic rings. The molecular weight excluding hydrogens is 418 g/mol. The van der Waals surface area contributed by atoms with E-state index in [0.717, 1.165) is 0 Å². The smallest absolute Gasteiger partial charge is 0.300 e. The molecule has 1 unspecified atom stereocenters. The van der Waals surface area contributed by atoms with E-state index in [0.29, 0.717) is 28.3 Å². The van der Waals surface area contributed by atoms with Gasteiger partial charge in [0.2, 0.25) is 0 Å². The van der Waals surface area contributed by atoms with Crippen molar-refractivity contribution in [1.29, 1.82) is 0 Å². The van der Waals surface area contributed by atoms with Crippen LogP contribution in [-0.4, -0.2) is 30.0 Å². The van der Waals surface area contributed by atoms with Crippen molar-refractivity contribution in [2.75, 3.05) is 12.0 Å². The Morgan fingerprint density at radius 2 is 1.64 bits per heavy atom. The van der Waals surface area contributed by atoms with Crippen LogP contribution < -0.4 is 14.4 Å². The maximum Gasteiger partial charge on any atom is 0.300 e. The number of anilines is 1. The van der Waals surface area contributed by atoms with Crippen LogP contribution in [0, 0.1) is 0 Å². The van der Waals surface area contributed by atoms with E-state index >= 15 is 0 Å². The van der Waals surface area contributed by atoms with E-state index in [1.807, 2.05) is 26.0 Å². The number of nitrogens with zero attached hydrogens (tertiary/aromatic N) is 1. The minimum absolute atomic E-state index is 0.00458. The molecule has 0 aromatic heterocycles. The Kier molecular flexibility index (Phi) is 6.18. The second-order valence-electron chi connectivity index (χ2n) is 7.94. The van der Waals surface area contributed by atoms with Crippen LogP contribution in [0.25, 0.3) is 5.76 Å². The van der Waals surface area contributed by atoms with Gasteiger partial charge in [-0.05, 0) is 44.2 Å². The molecule has 1 atom stereocenters. The number of benzene rings is 3. The molecule has 0 aliphatic carbocycles. The van der Waals surface area contributed by atoms with Gasteiger partial charge in [0, 0.05) is 16.8 Å². The van der Waals surface area contributed by atoms with Gasteiger partial charge in [-0.3, -0.25) is 14.5 Å². The lowest BCUT2D eigenvalue weighted by Gasteiger charge is -2.26. The lowest BCUT2D eigenvalue weighted by atomic mass is 9.94. The fourth-order valence-electron chi connectivity index (χ4n) is 4.02. The van der Waals surface area contributed by atoms with Crippen LogP contribution in [0.1, 0.15) is 31.0 Å². The summed E-state index contributed by atoms with van der Waals surface area (Å²) in [6, 6.07) is 22.1. The summed E-state index contributed by atoms with van der Waals surface area (Å²) in [4.78, 5) is 27.9. The number of methoxy groups -OCH3 is 1. The minimum Gasteiger partial charge on any atom is -0.507 e. The highest BCUT2D eigenvalue weighted by atomic mass is 16.5. The van der Waals surface area contributed by atoms with Crippen molar-refractivity contribution < 1.29 is 24.2 Å². The summed E-state index contributed by atoms with van der Waals surface area (Å²) >= 11 is 0. The standard InChI is InChI=1S/C27H25NO5/c1-17(2)33-20-13-9-10-18(16-20)25(29)23-24(21-14-7-8-15-22(21)32-3)28(27(31)26(23)30)19-11-5-4-6-12-19/h4-17,24,29H,1-3H3/b25-23+. The number of hydrogen-bond donors (Lipinski definition) is 1. The highest BCUT2D eigenvalue weighted by Crippen LogP contribution is 2.44. The first-order valence-corrected chi connectivity index (χ1v) is 10.7. The van der Waals surface area contributed by atoms with Crippen molar-refractivity contribution in [1.82, 2.24) is 0 Å². The summed E-state index contributed by atoms with van der Waals surface area (Å²) in [6.07, 6.45) is -0.0559. The first kappa shape index (κ1) is 22.1. The number of ether oxygens (including phenoxy) is 2. The average Bonchev–Trinajstić information content (AvgIpc) is 3.09. The predicted molar refractivity (Wildman–Crippen MR) is 126 cm³/mol. The van der Waals surface area contributed by atoms with Gasteiger partial charge in [-0.15, -0.1) is 0 Å². The topological polar surface area (TPSA) is 76.1 Å². The molecule has 0 bridgehead atoms. The second kappa shape index (κ2) is 9.20. The Hall–Kier alpha value is -4.06. The first-order valence-electron chi connectivity index (χ1n) is 10.7. The van der Waals surface area contributed by atoms with Gasteiger partial charge >= 0.3 is 0 Å². The molecule has 0 radical (unpaired) electrons. The van der Waals surface area contributed by atoms with Crippen LogP contribution in [0.2, 0.25) is 0 Å². The molecule has 6 nitrogen and oxygen atoms in total. The molecule has 6 heteroatoms. The predicted octanol–water partition coefficient (Wildman–Crippen LogP) is 5.11. The Labute approximate surface area is 192 Å². The highest BCUT2D eigenvalue weighted by molar-refractivity contribution is 6.51. The van der Waals surface area contributed by atoms with Crippen molar-refractivity contribution in [3.8, 4) is 11.5 Å². The van der Waals surface area contributed by atoms with Crippen LogP contribution >= 0.6 is 0 Å². The number of carbonyl (C=O) groups is 2. The number of Topliss-reactive ketones (excluding diaryl/α,β-unsaturated/α-hetero) is 1. The molecule has 168 valence electrons. The number of para-hydroxylation sites is 2. The SMILES string of the molecule is COc1ccccc1C1/C(=C(\O)c2cccc(OC(C)C)c2)C(=O)C(=O)N1c1ccccc1. The number of rotatable bonds is 6. The summed E-state index contributed by atoms with van der Waals surface area (Å²) < 4.78 is 11.3. The van der Waals surface area contributed by atoms with Crippen LogP contribution in [0.15, 0.2) is 84.4 Å². The molecule has 1 amide bonds. The quantitative estimate of drug-likeness (QED) is 0.326. The summed E-state index contributed by atoms with van der Waals surface area (Å²) in [6.45, 7) is 3.80. The molecule has 1 N–H and O–H groups in total. The third kappa shape index (κ3) is 4.20. The molecule has 1 aliphatic rings. The molecule has 0 spiro atoms. The van der Waals surface area contributed by atoms with Gasteiger partial charge in [-0.2, -0.15) is 0 Å². The van der Waals surface area contributed by atoms with Gasteiger partial charge in [-0.25, -0.2) is 0 Å². The third-order valence-electron chi connectivity index (χ3n) is 5.39. The third-order valence-corrected chi connectivity index (χ3v) is 5.39. The first-order chi connectivity index (χ1) is 15.9. The number of carbonyl (C=O) groups excluding carboxylic acids is 2. The summed E-state index contributed by atoms with van der Waals surface area (Å²) in [7, 11) is 1.53. The molecular formula is C27H25NO5. The molecule has 33 heavy (non-hydrogen) atoms. The summed E-state index contributed by atoms with van der Waals surface area (Å²) in [5.41, 5.74) is 1.53. The van der Waals surface area contributed by atoms with Crippen molar-refractivity contribution >= 4 is 23.1 Å². The summed E-state index contributed by atoms with van der Waals surface area (Å²) in [5, 5.41) is 11.3. The number of aliphatic hydroxyl groups is 1. The summed E-state index contributed by atoms with van der Waals surface area (Å²) in [5.74, 6) is -0.680. The van der Waals surface area contributed by atoms with Crippen LogP contribution in [0.4, 0.5) is 5.69 Å². The molecule has 1 aliphatic heterocycles. The van der Waals surface area contributed by atoms with E-state index in [2.05, 4.69) is 0 Å². The lowest BCUT2D eigenvalue weighted by Crippen LogP contribution is -2.29. The molecule has 1 heterocycles. The van der Waals surface area contributed by atoms with E-state index < -0.39 is 17.7 Å². The van der Waals surface area contributed by atoms with E-state index in [1.54, 1.807) is 66.7 Å². The monoisotopic (exact) mass is 443 g/mol. The zero-order valence-corrected chi connectivity index (χ0v) is 18.7. The number of aliphatic hydroxyl groups excluding tert-OH is 1. The van der Waals surface area contributed by atoms with Crippen LogP contribution in [-0.2, 0) is 9.59 Å². The Morgan fingerprint density at radius 1 is 0.939 bits per heavy atom. The molecule has 1 saturated heterocycles. The van der Waals surface area contributed by atoms with E-state index in [1.165, 1.54) is 12.0 Å². The number of ketones is 1. The van der Waals surface area contributed by atoms with E-state index in [9.17, 15) is 14.7 Å². The second-order valence-corrected chi connectivity index (χ2v) is 7.94. The van der Waals surface area contributed by atoms with E-state index in [4.69, 9.17) is 9.47 Å². The number of amides is 1. The normalized spacial score (nSPS) is 17.5. The maximum atomic E-state index is 13.3. The minimum atomic E-state index is -0.863. The fourth-order valence-corrected chi connectivity index (χ4v) is 4.02. The fraction of sp³-hybridized carbons (Fsp3) is 0.185.